The number of ether oxygens (including phenoxy) is 1. The molecule has 0 aliphatic heterocycles. The Morgan fingerprint density at radius 3 is 2.20 bits per heavy atom. The van der Waals surface area contributed by atoms with Gasteiger partial charge in [-0.1, -0.05) is 35.4 Å². The van der Waals surface area contributed by atoms with Crippen molar-refractivity contribution < 1.29 is 24.0 Å². The van der Waals surface area contributed by atoms with Crippen molar-refractivity contribution in [1.82, 2.24) is 5.43 Å². The molecule has 0 aromatic heterocycles. The highest BCUT2D eigenvalue weighted by Gasteiger charge is 2.22. The zero-order valence-corrected chi connectivity index (χ0v) is 21.7. The van der Waals surface area contributed by atoms with Gasteiger partial charge in [0.2, 0.25) is 5.75 Å². The number of anilines is 1. The Kier molecular flexibility index (Phi) is 8.62. The highest BCUT2D eigenvalue weighted by atomic mass is 35.5. The molecule has 0 aliphatic rings. The fraction of sp³-hybridized carbons (Fsp3) is 0.0345. The highest BCUT2D eigenvalue weighted by molar-refractivity contribution is 6.30. The lowest BCUT2D eigenvalue weighted by molar-refractivity contribution is -0.385. The van der Waals surface area contributed by atoms with Crippen molar-refractivity contribution in [2.24, 2.45) is 5.10 Å². The van der Waals surface area contributed by atoms with Crippen LogP contribution in [0.1, 0.15) is 42.2 Å². The number of hydrogen-bond acceptors (Lipinski definition) is 7. The highest BCUT2D eigenvalue weighted by Crippen LogP contribution is 2.31. The lowest BCUT2D eigenvalue weighted by Gasteiger charge is -2.09. The first-order valence-electron chi connectivity index (χ1n) is 11.8. The third-order valence-electron chi connectivity index (χ3n) is 5.55. The van der Waals surface area contributed by atoms with E-state index in [1.807, 2.05) is 0 Å². The molecule has 10 nitrogen and oxygen atoms in total. The summed E-state index contributed by atoms with van der Waals surface area (Å²) in [5, 5.41) is 18.7. The summed E-state index contributed by atoms with van der Waals surface area (Å²) in [5.74, 6) is -2.00. The second-order valence-corrected chi connectivity index (χ2v) is 8.89. The number of hydrogen-bond donors (Lipinski definition) is 2. The van der Waals surface area contributed by atoms with Gasteiger partial charge in [-0.05, 0) is 73.7 Å². The minimum absolute atomic E-state index is 0.107. The Hall–Kier alpha value is -5.35. The third kappa shape index (κ3) is 6.94. The molecule has 0 saturated heterocycles. The molecule has 0 spiro atoms. The van der Waals surface area contributed by atoms with Gasteiger partial charge >= 0.3 is 11.7 Å². The maximum absolute atomic E-state index is 12.7. The third-order valence-corrected chi connectivity index (χ3v) is 5.80. The zero-order valence-electron chi connectivity index (χ0n) is 21.0. The topological polar surface area (TPSA) is 140 Å². The molecule has 0 bridgehead atoms. The van der Waals surface area contributed by atoms with E-state index in [2.05, 4.69) is 15.8 Å². The smallest absolute Gasteiger partial charge is 0.343 e. The van der Waals surface area contributed by atoms with E-state index in [1.54, 1.807) is 61.5 Å². The molecule has 4 aromatic carbocycles. The number of para-hydroxylation sites is 1. The molecule has 2 N–H and O–H groups in total. The first kappa shape index (κ1) is 27.7. The Morgan fingerprint density at radius 2 is 1.52 bits per heavy atom. The number of carbonyl (C=O) groups is 3. The van der Waals surface area contributed by atoms with E-state index in [4.69, 9.17) is 16.3 Å². The molecule has 0 aliphatic carbocycles. The summed E-state index contributed by atoms with van der Waals surface area (Å²) < 4.78 is 5.38. The molecule has 0 heterocycles. The van der Waals surface area contributed by atoms with Crippen LogP contribution in [0, 0.1) is 17.0 Å². The monoisotopic (exact) mass is 556 g/mol. The van der Waals surface area contributed by atoms with Crippen LogP contribution in [0.2, 0.25) is 5.02 Å². The van der Waals surface area contributed by atoms with E-state index in [9.17, 15) is 24.5 Å². The fourth-order valence-corrected chi connectivity index (χ4v) is 3.68. The van der Waals surface area contributed by atoms with E-state index in [1.165, 1.54) is 36.4 Å². The van der Waals surface area contributed by atoms with Crippen LogP contribution in [0.3, 0.4) is 0 Å². The number of carbonyl (C=O) groups excluding carboxylic acids is 3. The molecule has 200 valence electrons. The van der Waals surface area contributed by atoms with Gasteiger partial charge in [-0.25, -0.2) is 10.2 Å². The summed E-state index contributed by atoms with van der Waals surface area (Å²) in [7, 11) is 0. The number of nitrogens with one attached hydrogen (secondary N) is 2. The van der Waals surface area contributed by atoms with Crippen LogP contribution in [0.4, 0.5) is 11.4 Å². The maximum Gasteiger partial charge on any atom is 0.343 e. The predicted molar refractivity (Wildman–Crippen MR) is 150 cm³/mol. The van der Waals surface area contributed by atoms with Gasteiger partial charge in [-0.2, -0.15) is 5.10 Å². The van der Waals surface area contributed by atoms with Crippen molar-refractivity contribution in [1.29, 1.82) is 0 Å². The molecule has 2 amide bonds. The first-order chi connectivity index (χ1) is 19.2. The van der Waals surface area contributed by atoms with Crippen LogP contribution >= 0.6 is 11.6 Å². The van der Waals surface area contributed by atoms with Crippen LogP contribution in [-0.4, -0.2) is 28.9 Å². The van der Waals surface area contributed by atoms with Gasteiger partial charge in [-0.15, -0.1) is 0 Å². The molecule has 4 rings (SSSR count). The van der Waals surface area contributed by atoms with Crippen LogP contribution in [-0.2, 0) is 0 Å². The molecule has 0 fully saturated rings. The Balaban J connectivity index is 1.44. The van der Waals surface area contributed by atoms with Crippen molar-refractivity contribution in [3.63, 3.8) is 0 Å². The van der Waals surface area contributed by atoms with Gasteiger partial charge in [-0.3, -0.25) is 19.7 Å². The summed E-state index contributed by atoms with van der Waals surface area (Å²) in [4.78, 5) is 48.5. The number of aryl methyl sites for hydroxylation is 1. The number of nitrogens with zero attached hydrogens (tertiary/aromatic N) is 2. The molecule has 4 aromatic rings. The summed E-state index contributed by atoms with van der Waals surface area (Å²) in [5.41, 5.74) is 4.17. The number of rotatable bonds is 8. The Bertz CT molecular complexity index is 1620. The predicted octanol–water partition coefficient (Wildman–Crippen LogP) is 5.79. The van der Waals surface area contributed by atoms with Crippen LogP contribution < -0.4 is 15.5 Å². The summed E-state index contributed by atoms with van der Waals surface area (Å²) in [6.45, 7) is 1.80. The maximum atomic E-state index is 12.7. The van der Waals surface area contributed by atoms with E-state index in [0.717, 1.165) is 11.8 Å². The quantitative estimate of drug-likeness (QED) is 0.0925. The molecule has 0 saturated carbocycles. The standard InChI is InChI=1S/C29H21ClN4O6/c1-18-4-2-5-21(16-18)29(37)40-26-22(6-3-7-25(26)34(38)39)17-31-33-28(36)20-10-14-24(15-11-20)32-27(35)19-8-12-23(30)13-9-19/h2-17H,1H3,(H,32,35)(H,33,36)/b31-17+. The van der Waals surface area contributed by atoms with Crippen LogP contribution in [0.5, 0.6) is 5.75 Å². The summed E-state index contributed by atoms with van der Waals surface area (Å²) in [6, 6.07) is 23.1. The number of halogens is 1. The second-order valence-electron chi connectivity index (χ2n) is 8.45. The van der Waals surface area contributed by atoms with Gasteiger partial charge in [0, 0.05) is 33.5 Å². The summed E-state index contributed by atoms with van der Waals surface area (Å²) in [6.07, 6.45) is 1.14. The van der Waals surface area contributed by atoms with Crippen molar-refractivity contribution in [3.05, 3.63) is 134 Å². The SMILES string of the molecule is Cc1cccc(C(=O)Oc2c(/C=N/NC(=O)c3ccc(NC(=O)c4ccc(Cl)cc4)cc3)cccc2[N+](=O)[O-])c1. The van der Waals surface area contributed by atoms with Gasteiger partial charge in [0.05, 0.1) is 16.7 Å². The summed E-state index contributed by atoms with van der Waals surface area (Å²) >= 11 is 5.84. The van der Waals surface area contributed by atoms with Crippen LogP contribution in [0.25, 0.3) is 0 Å². The molecular formula is C29H21ClN4O6. The lowest BCUT2D eigenvalue weighted by atomic mass is 10.1. The largest absolute Gasteiger partial charge is 0.415 e. The van der Waals surface area contributed by atoms with E-state index < -0.39 is 22.5 Å². The Labute approximate surface area is 233 Å². The van der Waals surface area contributed by atoms with Gasteiger partial charge < -0.3 is 10.1 Å². The number of nitro groups is 1. The number of amides is 2. The number of benzene rings is 4. The van der Waals surface area contributed by atoms with E-state index >= 15 is 0 Å². The van der Waals surface area contributed by atoms with Crippen molar-refractivity contribution >= 4 is 47.0 Å². The zero-order chi connectivity index (χ0) is 28.6. The molecular weight excluding hydrogens is 536 g/mol. The van der Waals surface area contributed by atoms with E-state index in [-0.39, 0.29) is 28.3 Å². The minimum Gasteiger partial charge on any atom is -0.415 e. The molecule has 40 heavy (non-hydrogen) atoms. The van der Waals surface area contributed by atoms with Crippen molar-refractivity contribution in [2.45, 2.75) is 6.92 Å². The minimum atomic E-state index is -0.778. The number of esters is 1. The fourth-order valence-electron chi connectivity index (χ4n) is 3.56. The molecule has 11 heteroatoms. The lowest BCUT2D eigenvalue weighted by Crippen LogP contribution is -2.18. The number of hydrazone groups is 1. The van der Waals surface area contributed by atoms with Gasteiger partial charge in [0.25, 0.3) is 11.8 Å². The Morgan fingerprint density at radius 1 is 0.875 bits per heavy atom. The van der Waals surface area contributed by atoms with E-state index in [0.29, 0.717) is 16.3 Å². The molecule has 0 radical (unpaired) electrons. The normalized spacial score (nSPS) is 10.7. The molecule has 0 atom stereocenters. The van der Waals surface area contributed by atoms with Crippen molar-refractivity contribution in [2.75, 3.05) is 5.32 Å². The average Bonchev–Trinajstić information content (AvgIpc) is 2.94. The first-order valence-corrected chi connectivity index (χ1v) is 12.2. The average molecular weight is 557 g/mol. The van der Waals surface area contributed by atoms with Crippen LogP contribution in [0.15, 0.2) is 96.1 Å². The molecule has 0 unspecified atom stereocenters. The van der Waals surface area contributed by atoms with Gasteiger partial charge in [0.1, 0.15) is 0 Å². The van der Waals surface area contributed by atoms with Gasteiger partial charge in [0.15, 0.2) is 0 Å². The number of nitro benzene ring substituents is 1. The second kappa shape index (κ2) is 12.5. The van der Waals surface area contributed by atoms with Crippen molar-refractivity contribution in [3.8, 4) is 5.75 Å².